The lowest BCUT2D eigenvalue weighted by atomic mass is 10.2. The predicted molar refractivity (Wildman–Crippen MR) is 51.3 cm³/mol. The van der Waals surface area contributed by atoms with Gasteiger partial charge in [-0.3, -0.25) is 0 Å². The van der Waals surface area contributed by atoms with Gasteiger partial charge in [0.15, 0.2) is 0 Å². The van der Waals surface area contributed by atoms with Crippen LogP contribution in [0, 0.1) is 6.58 Å². The van der Waals surface area contributed by atoms with Crippen molar-refractivity contribution in [1.29, 1.82) is 0 Å². The summed E-state index contributed by atoms with van der Waals surface area (Å²) < 4.78 is 0. The first-order valence-corrected chi connectivity index (χ1v) is 4.27. The normalized spacial score (nSPS) is 11.4. The van der Waals surface area contributed by atoms with Gasteiger partial charge in [-0.1, -0.05) is 56.7 Å². The molecule has 1 radical (unpaired) electrons. The van der Waals surface area contributed by atoms with Crippen LogP contribution in [-0.4, -0.2) is 0 Å². The van der Waals surface area contributed by atoms with Crippen LogP contribution in [0.5, 0.6) is 0 Å². The maximum absolute atomic E-state index is 5.16. The second-order valence-electron chi connectivity index (χ2n) is 2.47. The first-order chi connectivity index (χ1) is 5.41. The molecule has 0 aliphatic rings. The molecule has 0 rings (SSSR count). The van der Waals surface area contributed by atoms with Gasteiger partial charge in [-0.05, 0) is 12.8 Å². The van der Waals surface area contributed by atoms with Crippen LogP contribution in [0.4, 0.5) is 0 Å². The van der Waals surface area contributed by atoms with Gasteiger partial charge < -0.3 is 0 Å². The number of hydrogen-bond acceptors (Lipinski definition) is 0. The van der Waals surface area contributed by atoms with E-state index in [9.17, 15) is 0 Å². The molecule has 0 aromatic rings. The minimum Gasteiger partial charge on any atom is -0.0882 e. The molecule has 0 spiro atoms. The third-order valence-electron chi connectivity index (χ3n) is 1.41. The van der Waals surface area contributed by atoms with Crippen molar-refractivity contribution in [3.63, 3.8) is 0 Å². The van der Waals surface area contributed by atoms with E-state index in [4.69, 9.17) is 6.58 Å². The van der Waals surface area contributed by atoms with E-state index in [-0.39, 0.29) is 0 Å². The lowest BCUT2D eigenvalue weighted by Crippen LogP contribution is -1.66. The van der Waals surface area contributed by atoms with Gasteiger partial charge >= 0.3 is 0 Å². The van der Waals surface area contributed by atoms with Gasteiger partial charge in [-0.25, -0.2) is 0 Å². The highest BCUT2D eigenvalue weighted by molar-refractivity contribution is 4.99. The Kier molecular flexibility index (Phi) is 8.57. The minimum atomic E-state index is 0.997. The summed E-state index contributed by atoms with van der Waals surface area (Å²) in [4.78, 5) is 0. The van der Waals surface area contributed by atoms with Crippen LogP contribution in [0.1, 0.15) is 32.6 Å². The Morgan fingerprint density at radius 2 is 2.00 bits per heavy atom. The van der Waals surface area contributed by atoms with E-state index >= 15 is 0 Å². The molecule has 0 aliphatic carbocycles. The summed E-state index contributed by atoms with van der Waals surface area (Å²) in [6, 6.07) is 0. The van der Waals surface area contributed by atoms with Gasteiger partial charge in [0.1, 0.15) is 0 Å². The van der Waals surface area contributed by atoms with Gasteiger partial charge in [0.2, 0.25) is 0 Å². The van der Waals surface area contributed by atoms with Crippen molar-refractivity contribution in [2.24, 2.45) is 0 Å². The van der Waals surface area contributed by atoms with Crippen molar-refractivity contribution >= 4 is 0 Å². The fourth-order valence-electron chi connectivity index (χ4n) is 0.772. The molecule has 0 atom stereocenters. The molecule has 0 aliphatic heterocycles. The Labute approximate surface area is 70.3 Å². The lowest BCUT2D eigenvalue weighted by molar-refractivity contribution is 0.813. The molecule has 0 unspecified atom stereocenters. The molecule has 0 aromatic heterocycles. The lowest BCUT2D eigenvalue weighted by Gasteiger charge is -1.86. The van der Waals surface area contributed by atoms with Gasteiger partial charge in [0.25, 0.3) is 0 Å². The topological polar surface area (TPSA) is 0 Å². The van der Waals surface area contributed by atoms with Crippen molar-refractivity contribution in [3.8, 4) is 0 Å². The first-order valence-electron chi connectivity index (χ1n) is 4.27. The zero-order valence-electron chi connectivity index (χ0n) is 7.29. The predicted octanol–water partition coefficient (Wildman–Crippen LogP) is 3.67. The van der Waals surface area contributed by atoms with Crippen LogP contribution in [0.2, 0.25) is 0 Å². The average molecular weight is 149 g/mol. The molecule has 61 valence electrons. The van der Waals surface area contributed by atoms with Crippen LogP contribution >= 0.6 is 0 Å². The summed E-state index contributed by atoms with van der Waals surface area (Å²) >= 11 is 0. The van der Waals surface area contributed by atoms with Crippen LogP contribution < -0.4 is 0 Å². The molecule has 0 aromatic carbocycles. The highest BCUT2D eigenvalue weighted by atomic mass is 13.8. The quantitative estimate of drug-likeness (QED) is 0.307. The molecule has 0 saturated carbocycles. The van der Waals surface area contributed by atoms with Gasteiger partial charge in [-0.2, -0.15) is 0 Å². The number of allylic oxidation sites excluding steroid dienone is 5. The molecule has 0 saturated heterocycles. The number of unbranched alkanes of at least 4 members (excludes halogenated alkanes) is 2. The summed E-state index contributed by atoms with van der Waals surface area (Å²) in [7, 11) is 0. The number of hydrogen-bond donors (Lipinski definition) is 0. The molecule has 0 nitrogen and oxygen atoms in total. The highest BCUT2D eigenvalue weighted by Gasteiger charge is 1.75. The summed E-state index contributed by atoms with van der Waals surface area (Å²) in [5.41, 5.74) is 0. The maximum Gasteiger partial charge on any atom is -0.0166 e. The molecule has 0 amide bonds. The van der Waals surface area contributed by atoms with Gasteiger partial charge in [0.05, 0.1) is 0 Å². The Morgan fingerprint density at radius 3 is 2.64 bits per heavy atom. The first kappa shape index (κ1) is 10.2. The van der Waals surface area contributed by atoms with E-state index in [0.717, 1.165) is 6.42 Å². The molecular weight excluding hydrogens is 132 g/mol. The monoisotopic (exact) mass is 149 g/mol. The van der Waals surface area contributed by atoms with Crippen molar-refractivity contribution < 1.29 is 0 Å². The summed E-state index contributed by atoms with van der Waals surface area (Å²) in [6.07, 6.45) is 14.6. The van der Waals surface area contributed by atoms with Crippen LogP contribution in [0.3, 0.4) is 0 Å². The minimum absolute atomic E-state index is 0.997. The molecule has 11 heavy (non-hydrogen) atoms. The van der Waals surface area contributed by atoms with E-state index in [0.29, 0.717) is 0 Å². The zero-order valence-corrected chi connectivity index (χ0v) is 7.29. The average Bonchev–Trinajstić information content (AvgIpc) is 2.03. The fraction of sp³-hybridized carbons (Fsp3) is 0.455. The SMILES string of the molecule is [CH]=CC=CCC=CCCCC. The standard InChI is InChI=1S/C11H17/c1-3-5-7-9-11-10-8-6-4-2/h1,3,5,7,10-11H,4,6,8-9H2,2H3. The summed E-state index contributed by atoms with van der Waals surface area (Å²) in [6.45, 7) is 7.36. The van der Waals surface area contributed by atoms with Gasteiger partial charge in [-0.15, -0.1) is 0 Å². The second kappa shape index (κ2) is 9.22. The molecule has 0 bridgehead atoms. The van der Waals surface area contributed by atoms with Crippen molar-refractivity contribution in [1.82, 2.24) is 0 Å². The molecule has 0 heterocycles. The van der Waals surface area contributed by atoms with Crippen molar-refractivity contribution in [3.05, 3.63) is 37.0 Å². The molecular formula is C11H17. The maximum atomic E-state index is 5.16. The van der Waals surface area contributed by atoms with E-state index in [1.807, 2.05) is 12.2 Å². The van der Waals surface area contributed by atoms with Gasteiger partial charge in [0, 0.05) is 0 Å². The smallest absolute Gasteiger partial charge is 0.0166 e. The van der Waals surface area contributed by atoms with E-state index in [1.165, 1.54) is 19.3 Å². The Bertz CT molecular complexity index is 129. The molecule has 0 fully saturated rings. The van der Waals surface area contributed by atoms with E-state index < -0.39 is 0 Å². The van der Waals surface area contributed by atoms with E-state index in [1.54, 1.807) is 6.08 Å². The van der Waals surface area contributed by atoms with Crippen LogP contribution in [0.25, 0.3) is 0 Å². The van der Waals surface area contributed by atoms with Crippen LogP contribution in [-0.2, 0) is 0 Å². The third kappa shape index (κ3) is 9.22. The van der Waals surface area contributed by atoms with Crippen molar-refractivity contribution in [2.75, 3.05) is 0 Å². The number of rotatable bonds is 6. The van der Waals surface area contributed by atoms with Crippen molar-refractivity contribution in [2.45, 2.75) is 32.6 Å². The van der Waals surface area contributed by atoms with E-state index in [2.05, 4.69) is 19.1 Å². The Hall–Kier alpha value is -0.780. The second-order valence-corrected chi connectivity index (χ2v) is 2.47. The molecule has 0 heteroatoms. The fourth-order valence-corrected chi connectivity index (χ4v) is 0.772. The largest absolute Gasteiger partial charge is 0.0882 e. The summed E-state index contributed by atoms with van der Waals surface area (Å²) in [5, 5.41) is 0. The molecule has 0 N–H and O–H groups in total. The van der Waals surface area contributed by atoms with Crippen LogP contribution in [0.15, 0.2) is 30.4 Å². The summed E-state index contributed by atoms with van der Waals surface area (Å²) in [5.74, 6) is 0. The Balaban J connectivity index is 3.15. The Morgan fingerprint density at radius 1 is 1.18 bits per heavy atom. The third-order valence-corrected chi connectivity index (χ3v) is 1.41. The zero-order chi connectivity index (χ0) is 8.36. The highest BCUT2D eigenvalue weighted by Crippen LogP contribution is 1.96.